The molecule has 0 aromatic carbocycles. The second-order valence-electron chi connectivity index (χ2n) is 3.76. The van der Waals surface area contributed by atoms with E-state index in [1.54, 1.807) is 0 Å². The van der Waals surface area contributed by atoms with Gasteiger partial charge in [-0.05, 0) is 6.20 Å². The van der Waals surface area contributed by atoms with Crippen LogP contribution in [0.25, 0.3) is 0 Å². The molecule has 80 valence electrons. The molecule has 1 N–H and O–H groups in total. The number of ether oxygens (including phenoxy) is 1. The van der Waals surface area contributed by atoms with E-state index in [1.807, 2.05) is 0 Å². The molecule has 0 bridgehead atoms. The Hall–Kier alpha value is -0.580. The topological polar surface area (TPSA) is 27.7 Å². The first-order valence-corrected chi connectivity index (χ1v) is 5.37. The largest absolute Gasteiger partial charge is 0.379 e. The van der Waals surface area contributed by atoms with Crippen LogP contribution in [0.4, 0.5) is 0 Å². The van der Waals surface area contributed by atoms with Crippen LogP contribution in [0.1, 0.15) is 0 Å². The quantitative estimate of drug-likeness (QED) is 0.672. The first-order chi connectivity index (χ1) is 6.95. The lowest BCUT2D eigenvalue weighted by atomic mass is 10.4. The van der Waals surface area contributed by atoms with Gasteiger partial charge in [-0.25, -0.2) is 0 Å². The number of rotatable bonds is 3. The molecular weight excluding hydrogens is 178 g/mol. The molecule has 0 aromatic rings. The van der Waals surface area contributed by atoms with E-state index < -0.39 is 0 Å². The van der Waals surface area contributed by atoms with Crippen LogP contribution in [-0.2, 0) is 4.74 Å². The second-order valence-corrected chi connectivity index (χ2v) is 3.76. The predicted molar refractivity (Wildman–Crippen MR) is 56.0 cm³/mol. The monoisotopic (exact) mass is 197 g/mol. The second kappa shape index (κ2) is 5.34. The molecule has 4 heteroatoms. The first kappa shape index (κ1) is 9.96. The summed E-state index contributed by atoms with van der Waals surface area (Å²) in [7, 11) is 0. The first-order valence-electron chi connectivity index (χ1n) is 5.37. The van der Waals surface area contributed by atoms with Gasteiger partial charge in [0.05, 0.1) is 19.9 Å². The van der Waals surface area contributed by atoms with Crippen LogP contribution in [0.3, 0.4) is 0 Å². The van der Waals surface area contributed by atoms with E-state index >= 15 is 0 Å². The van der Waals surface area contributed by atoms with Gasteiger partial charge in [0.25, 0.3) is 0 Å². The third kappa shape index (κ3) is 2.97. The molecule has 0 aromatic heterocycles. The SMILES string of the molecule is C1=CN(CCN2CCOCC2)CNC1. The fourth-order valence-corrected chi connectivity index (χ4v) is 1.79. The summed E-state index contributed by atoms with van der Waals surface area (Å²) in [6, 6.07) is 0. The van der Waals surface area contributed by atoms with Crippen LogP contribution in [0.5, 0.6) is 0 Å². The maximum Gasteiger partial charge on any atom is 0.0679 e. The lowest BCUT2D eigenvalue weighted by Crippen LogP contribution is -2.43. The summed E-state index contributed by atoms with van der Waals surface area (Å²) in [5.74, 6) is 0. The summed E-state index contributed by atoms with van der Waals surface area (Å²) < 4.78 is 5.31. The maximum absolute atomic E-state index is 5.31. The highest BCUT2D eigenvalue weighted by atomic mass is 16.5. The predicted octanol–water partition coefficient (Wildman–Crippen LogP) is -0.305. The van der Waals surface area contributed by atoms with Crippen LogP contribution in [-0.4, -0.2) is 62.4 Å². The van der Waals surface area contributed by atoms with Gasteiger partial charge in [-0.1, -0.05) is 6.08 Å². The van der Waals surface area contributed by atoms with Crippen molar-refractivity contribution >= 4 is 0 Å². The van der Waals surface area contributed by atoms with Crippen molar-refractivity contribution < 1.29 is 4.74 Å². The number of hydrogen-bond donors (Lipinski definition) is 1. The molecule has 2 heterocycles. The molecule has 1 fully saturated rings. The van der Waals surface area contributed by atoms with Gasteiger partial charge in [0, 0.05) is 32.7 Å². The van der Waals surface area contributed by atoms with Crippen LogP contribution >= 0.6 is 0 Å². The highest BCUT2D eigenvalue weighted by Crippen LogP contribution is 1.98. The lowest BCUT2D eigenvalue weighted by Gasteiger charge is -2.30. The summed E-state index contributed by atoms with van der Waals surface area (Å²) in [5.41, 5.74) is 0. The van der Waals surface area contributed by atoms with Crippen molar-refractivity contribution in [2.75, 3.05) is 52.6 Å². The van der Waals surface area contributed by atoms with Crippen LogP contribution in [0.15, 0.2) is 12.3 Å². The van der Waals surface area contributed by atoms with Crippen molar-refractivity contribution in [2.45, 2.75) is 0 Å². The average Bonchev–Trinajstić information content (AvgIpc) is 2.29. The number of hydrogen-bond acceptors (Lipinski definition) is 4. The van der Waals surface area contributed by atoms with Crippen molar-refractivity contribution in [3.63, 3.8) is 0 Å². The normalized spacial score (nSPS) is 24.1. The smallest absolute Gasteiger partial charge is 0.0679 e. The average molecular weight is 197 g/mol. The minimum absolute atomic E-state index is 0.897. The molecule has 0 unspecified atom stereocenters. The minimum atomic E-state index is 0.897. The van der Waals surface area contributed by atoms with Gasteiger partial charge in [-0.2, -0.15) is 0 Å². The van der Waals surface area contributed by atoms with Gasteiger partial charge in [-0.3, -0.25) is 10.2 Å². The van der Waals surface area contributed by atoms with E-state index in [1.165, 1.54) is 0 Å². The fourth-order valence-electron chi connectivity index (χ4n) is 1.79. The molecule has 2 aliphatic rings. The highest BCUT2D eigenvalue weighted by Gasteiger charge is 2.11. The van der Waals surface area contributed by atoms with E-state index in [0.29, 0.717) is 0 Å². The van der Waals surface area contributed by atoms with Crippen molar-refractivity contribution in [3.8, 4) is 0 Å². The number of morpholine rings is 1. The zero-order valence-electron chi connectivity index (χ0n) is 8.61. The Kier molecular flexibility index (Phi) is 3.80. The molecular formula is C10H19N3O. The molecule has 0 radical (unpaired) electrons. The molecule has 4 nitrogen and oxygen atoms in total. The van der Waals surface area contributed by atoms with Gasteiger partial charge >= 0.3 is 0 Å². The van der Waals surface area contributed by atoms with Gasteiger partial charge in [0.2, 0.25) is 0 Å². The van der Waals surface area contributed by atoms with Gasteiger partial charge in [0.15, 0.2) is 0 Å². The Morgan fingerprint density at radius 3 is 2.79 bits per heavy atom. The van der Waals surface area contributed by atoms with Crippen molar-refractivity contribution in [3.05, 3.63) is 12.3 Å². The zero-order valence-corrected chi connectivity index (χ0v) is 8.61. The van der Waals surface area contributed by atoms with Gasteiger partial charge in [-0.15, -0.1) is 0 Å². The molecule has 2 rings (SSSR count). The molecule has 1 saturated heterocycles. The van der Waals surface area contributed by atoms with E-state index in [0.717, 1.165) is 52.6 Å². The van der Waals surface area contributed by atoms with E-state index in [4.69, 9.17) is 4.74 Å². The summed E-state index contributed by atoms with van der Waals surface area (Å²) >= 11 is 0. The van der Waals surface area contributed by atoms with Crippen molar-refractivity contribution in [1.82, 2.24) is 15.1 Å². The van der Waals surface area contributed by atoms with Crippen molar-refractivity contribution in [2.24, 2.45) is 0 Å². The third-order valence-electron chi connectivity index (χ3n) is 2.70. The standard InChI is InChI=1S/C10H19N3O/c1-2-11-10-13(3-1)5-4-12-6-8-14-9-7-12/h1,3,11H,2,4-10H2. The van der Waals surface area contributed by atoms with E-state index in [-0.39, 0.29) is 0 Å². The Morgan fingerprint density at radius 1 is 1.21 bits per heavy atom. The van der Waals surface area contributed by atoms with Crippen LogP contribution in [0.2, 0.25) is 0 Å². The Morgan fingerprint density at radius 2 is 2.07 bits per heavy atom. The number of nitrogens with one attached hydrogen (secondary N) is 1. The van der Waals surface area contributed by atoms with Crippen molar-refractivity contribution in [1.29, 1.82) is 0 Å². The highest BCUT2D eigenvalue weighted by molar-refractivity contribution is 4.88. The third-order valence-corrected chi connectivity index (χ3v) is 2.70. The molecule has 0 spiro atoms. The van der Waals surface area contributed by atoms with Gasteiger partial charge in [0.1, 0.15) is 0 Å². The molecule has 0 amide bonds. The molecule has 0 aliphatic carbocycles. The van der Waals surface area contributed by atoms with Crippen LogP contribution in [0, 0.1) is 0 Å². The summed E-state index contributed by atoms with van der Waals surface area (Å²) in [6.45, 7) is 8.23. The van der Waals surface area contributed by atoms with Gasteiger partial charge < -0.3 is 9.64 Å². The number of nitrogens with zero attached hydrogens (tertiary/aromatic N) is 2. The molecule has 0 atom stereocenters. The molecule has 14 heavy (non-hydrogen) atoms. The van der Waals surface area contributed by atoms with E-state index in [2.05, 4.69) is 27.4 Å². The Bertz CT molecular complexity index is 190. The molecule has 2 aliphatic heterocycles. The minimum Gasteiger partial charge on any atom is -0.379 e. The zero-order chi connectivity index (χ0) is 9.64. The summed E-state index contributed by atoms with van der Waals surface area (Å²) in [6.07, 6.45) is 4.36. The van der Waals surface area contributed by atoms with E-state index in [9.17, 15) is 0 Å². The Balaban J connectivity index is 1.65. The lowest BCUT2D eigenvalue weighted by molar-refractivity contribution is 0.0349. The fraction of sp³-hybridized carbons (Fsp3) is 0.800. The molecule has 0 saturated carbocycles. The van der Waals surface area contributed by atoms with Crippen LogP contribution < -0.4 is 5.32 Å². The Labute approximate surface area is 85.5 Å². The summed E-state index contributed by atoms with van der Waals surface area (Å²) in [5, 5.41) is 3.32. The maximum atomic E-state index is 5.31. The summed E-state index contributed by atoms with van der Waals surface area (Å²) in [4.78, 5) is 4.78.